The van der Waals surface area contributed by atoms with Crippen molar-refractivity contribution in [2.24, 2.45) is 0 Å². The Morgan fingerprint density at radius 3 is 2.59 bits per heavy atom. The minimum absolute atomic E-state index is 0.0546. The quantitative estimate of drug-likeness (QED) is 0.410. The van der Waals surface area contributed by atoms with Gasteiger partial charge in [0.05, 0.1) is 10.4 Å². The van der Waals surface area contributed by atoms with Crippen LogP contribution in [-0.4, -0.2) is 32.1 Å². The Kier molecular flexibility index (Phi) is 7.31. The number of sulfonamides is 1. The van der Waals surface area contributed by atoms with Crippen LogP contribution in [0.2, 0.25) is 5.02 Å². The number of alkyl halides is 1. The number of hydrogen-bond acceptors (Lipinski definition) is 4. The van der Waals surface area contributed by atoms with Crippen LogP contribution in [0.4, 0.5) is 4.79 Å². The van der Waals surface area contributed by atoms with E-state index in [1.54, 1.807) is 0 Å². The molecule has 0 radical (unpaired) electrons. The maximum atomic E-state index is 12.2. The molecule has 9 heteroatoms. The lowest BCUT2D eigenvalue weighted by Crippen LogP contribution is -2.39. The van der Waals surface area contributed by atoms with E-state index in [9.17, 15) is 18.0 Å². The molecular formula is C13H16BrClN2O4S. The zero-order valence-corrected chi connectivity index (χ0v) is 15.0. The zero-order valence-electron chi connectivity index (χ0n) is 11.9. The van der Waals surface area contributed by atoms with Crippen LogP contribution in [0.5, 0.6) is 0 Å². The van der Waals surface area contributed by atoms with Crippen LogP contribution in [0, 0.1) is 0 Å². The number of hydrogen-bond donors (Lipinski definition) is 2. The van der Waals surface area contributed by atoms with Crippen molar-refractivity contribution in [1.82, 2.24) is 10.0 Å². The van der Waals surface area contributed by atoms with Gasteiger partial charge in [-0.05, 0) is 24.6 Å². The molecule has 1 aromatic rings. The number of benzene rings is 1. The van der Waals surface area contributed by atoms with Crippen LogP contribution in [0.15, 0.2) is 23.1 Å². The van der Waals surface area contributed by atoms with Gasteiger partial charge in [0, 0.05) is 12.1 Å². The summed E-state index contributed by atoms with van der Waals surface area (Å²) in [6.07, 6.45) is 1.61. The topological polar surface area (TPSA) is 92.3 Å². The lowest BCUT2D eigenvalue weighted by Gasteiger charge is -2.10. The molecule has 1 rings (SSSR count). The van der Waals surface area contributed by atoms with Gasteiger partial charge in [0.25, 0.3) is 10.0 Å². The van der Waals surface area contributed by atoms with Crippen molar-refractivity contribution >= 4 is 49.4 Å². The van der Waals surface area contributed by atoms with Gasteiger partial charge in [0.1, 0.15) is 4.90 Å². The second-order valence-electron chi connectivity index (χ2n) is 4.42. The normalized spacial score (nSPS) is 11.0. The Balaban J connectivity index is 2.97. The molecule has 0 atom stereocenters. The molecule has 0 aliphatic rings. The van der Waals surface area contributed by atoms with Crippen molar-refractivity contribution in [2.45, 2.75) is 24.7 Å². The van der Waals surface area contributed by atoms with Crippen LogP contribution < -0.4 is 10.0 Å². The van der Waals surface area contributed by atoms with Crippen LogP contribution in [0.3, 0.4) is 0 Å². The number of rotatable bonds is 7. The fraction of sp³-hybridized carbons (Fsp3) is 0.385. The van der Waals surface area contributed by atoms with E-state index >= 15 is 0 Å². The minimum atomic E-state index is -4.15. The molecule has 0 aromatic heterocycles. The molecule has 6 nitrogen and oxygen atoms in total. The average molecular weight is 412 g/mol. The Morgan fingerprint density at radius 2 is 2.00 bits per heavy atom. The van der Waals surface area contributed by atoms with Gasteiger partial charge < -0.3 is 5.32 Å². The number of carbonyl (C=O) groups excluding carboxylic acids is 2. The van der Waals surface area contributed by atoms with Crippen molar-refractivity contribution in [3.05, 3.63) is 28.8 Å². The number of urea groups is 1. The van der Waals surface area contributed by atoms with Gasteiger partial charge in [0.15, 0.2) is 5.78 Å². The highest BCUT2D eigenvalue weighted by Gasteiger charge is 2.22. The van der Waals surface area contributed by atoms with Crippen LogP contribution in [0.1, 0.15) is 30.1 Å². The van der Waals surface area contributed by atoms with Crippen molar-refractivity contribution in [2.75, 3.05) is 11.9 Å². The molecule has 0 saturated heterocycles. The predicted octanol–water partition coefficient (Wildman–Crippen LogP) is 2.71. The van der Waals surface area contributed by atoms with E-state index in [4.69, 9.17) is 11.6 Å². The van der Waals surface area contributed by atoms with Gasteiger partial charge in [0.2, 0.25) is 0 Å². The maximum absolute atomic E-state index is 12.2. The SMILES string of the molecule is CCCCNC(=O)NS(=O)(=O)c1cc(C(=O)CBr)ccc1Cl. The Hall–Kier alpha value is -1.12. The fourth-order valence-electron chi connectivity index (χ4n) is 1.55. The number of ketones is 1. The molecule has 22 heavy (non-hydrogen) atoms. The lowest BCUT2D eigenvalue weighted by molar-refractivity contribution is 0.102. The van der Waals surface area contributed by atoms with E-state index in [1.165, 1.54) is 12.1 Å². The largest absolute Gasteiger partial charge is 0.337 e. The third kappa shape index (κ3) is 5.26. The molecule has 0 aliphatic heterocycles. The van der Waals surface area contributed by atoms with E-state index < -0.39 is 16.1 Å². The minimum Gasteiger partial charge on any atom is -0.337 e. The number of unbranched alkanes of at least 4 members (excludes halogenated alkanes) is 1. The highest BCUT2D eigenvalue weighted by molar-refractivity contribution is 9.09. The van der Waals surface area contributed by atoms with Crippen LogP contribution in [0.25, 0.3) is 0 Å². The summed E-state index contributed by atoms with van der Waals surface area (Å²) < 4.78 is 26.2. The van der Waals surface area contributed by atoms with E-state index in [0.29, 0.717) is 6.54 Å². The lowest BCUT2D eigenvalue weighted by atomic mass is 10.1. The highest BCUT2D eigenvalue weighted by atomic mass is 79.9. The molecule has 0 saturated carbocycles. The first-order chi connectivity index (χ1) is 10.3. The number of carbonyl (C=O) groups is 2. The summed E-state index contributed by atoms with van der Waals surface area (Å²) in [5.41, 5.74) is 0.188. The molecule has 122 valence electrons. The number of amides is 2. The van der Waals surface area contributed by atoms with Crippen LogP contribution >= 0.6 is 27.5 Å². The number of Topliss-reactive ketones (excluding diaryl/α,β-unsaturated/α-hetero) is 1. The van der Waals surface area contributed by atoms with Crippen LogP contribution in [-0.2, 0) is 10.0 Å². The smallest absolute Gasteiger partial charge is 0.328 e. The number of halogens is 2. The van der Waals surface area contributed by atoms with Gasteiger partial charge in [-0.1, -0.05) is 40.9 Å². The summed E-state index contributed by atoms with van der Waals surface area (Å²) in [7, 11) is -4.15. The summed E-state index contributed by atoms with van der Waals surface area (Å²) in [6, 6.07) is 3.04. The van der Waals surface area contributed by atoms with E-state index in [1.807, 2.05) is 11.6 Å². The molecule has 0 bridgehead atoms. The first-order valence-electron chi connectivity index (χ1n) is 6.51. The van der Waals surface area contributed by atoms with Crippen molar-refractivity contribution in [1.29, 1.82) is 0 Å². The predicted molar refractivity (Wildman–Crippen MR) is 88.2 cm³/mol. The fourth-order valence-corrected chi connectivity index (χ4v) is 3.33. The molecule has 2 amide bonds. The summed E-state index contributed by atoms with van der Waals surface area (Å²) in [4.78, 5) is 22.9. The van der Waals surface area contributed by atoms with Crippen molar-refractivity contribution < 1.29 is 18.0 Å². The van der Waals surface area contributed by atoms with Gasteiger partial charge in [-0.25, -0.2) is 17.9 Å². The van der Waals surface area contributed by atoms with E-state index in [0.717, 1.165) is 18.9 Å². The molecule has 0 heterocycles. The first kappa shape index (κ1) is 18.9. The molecule has 0 aliphatic carbocycles. The monoisotopic (exact) mass is 410 g/mol. The maximum Gasteiger partial charge on any atom is 0.328 e. The molecule has 0 unspecified atom stereocenters. The van der Waals surface area contributed by atoms with Gasteiger partial charge in [-0.3, -0.25) is 4.79 Å². The summed E-state index contributed by atoms with van der Waals surface area (Å²) in [6.45, 7) is 2.32. The van der Waals surface area contributed by atoms with Gasteiger partial charge in [-0.15, -0.1) is 0 Å². The van der Waals surface area contributed by atoms with E-state index in [2.05, 4.69) is 21.2 Å². The average Bonchev–Trinajstić information content (AvgIpc) is 2.46. The summed E-state index contributed by atoms with van der Waals surface area (Å²) >= 11 is 8.87. The number of nitrogens with one attached hydrogen (secondary N) is 2. The zero-order chi connectivity index (χ0) is 16.8. The summed E-state index contributed by atoms with van der Waals surface area (Å²) in [5, 5.41) is 2.42. The Labute approximate surface area is 142 Å². The second kappa shape index (κ2) is 8.50. The second-order valence-corrected chi connectivity index (χ2v) is 7.04. The standard InChI is InChI=1S/C13H16BrClN2O4S/c1-2-3-6-16-13(19)17-22(20,21)12-7-9(11(18)8-14)4-5-10(12)15/h4-5,7H,2-3,6,8H2,1H3,(H2,16,17,19). The molecule has 0 spiro atoms. The van der Waals surface area contributed by atoms with Crippen molar-refractivity contribution in [3.8, 4) is 0 Å². The first-order valence-corrected chi connectivity index (χ1v) is 9.49. The Bertz CT molecular complexity index is 664. The molecule has 0 fully saturated rings. The third-order valence-electron chi connectivity index (χ3n) is 2.71. The van der Waals surface area contributed by atoms with E-state index in [-0.39, 0.29) is 26.6 Å². The Morgan fingerprint density at radius 1 is 1.32 bits per heavy atom. The molecular weight excluding hydrogens is 396 g/mol. The summed E-state index contributed by atoms with van der Waals surface area (Å²) in [5.74, 6) is -0.291. The molecule has 2 N–H and O–H groups in total. The molecule has 1 aromatic carbocycles. The highest BCUT2D eigenvalue weighted by Crippen LogP contribution is 2.23. The van der Waals surface area contributed by atoms with Gasteiger partial charge in [-0.2, -0.15) is 0 Å². The van der Waals surface area contributed by atoms with Gasteiger partial charge >= 0.3 is 6.03 Å². The third-order valence-corrected chi connectivity index (χ3v) is 5.03. The van der Waals surface area contributed by atoms with Crippen molar-refractivity contribution in [3.63, 3.8) is 0 Å².